The lowest BCUT2D eigenvalue weighted by Crippen LogP contribution is -1.86. The fraction of sp³-hybridized carbons (Fsp3) is 0.167. The molecule has 0 amide bonds. The quantitative estimate of drug-likeness (QED) is 0.709. The largest absolute Gasteiger partial charge is 0.0955 e. The van der Waals surface area contributed by atoms with E-state index in [2.05, 4.69) is 41.2 Å². The van der Waals surface area contributed by atoms with Crippen molar-refractivity contribution in [2.24, 2.45) is 0 Å². The van der Waals surface area contributed by atoms with E-state index >= 15 is 0 Å². The molecule has 0 aliphatic heterocycles. The van der Waals surface area contributed by atoms with Gasteiger partial charge in [0, 0.05) is 4.47 Å². The minimum Gasteiger partial charge on any atom is -0.0955 e. The summed E-state index contributed by atoms with van der Waals surface area (Å²) in [5, 5.41) is 0. The first-order valence-corrected chi connectivity index (χ1v) is 4.93. The zero-order valence-corrected chi connectivity index (χ0v) is 9.61. The lowest BCUT2D eigenvalue weighted by Gasteiger charge is -2.08. The molecular weight excluding hydrogens is 224 g/mol. The van der Waals surface area contributed by atoms with Gasteiger partial charge in [-0.2, -0.15) is 0 Å². The van der Waals surface area contributed by atoms with Gasteiger partial charge in [-0.1, -0.05) is 31.4 Å². The van der Waals surface area contributed by atoms with E-state index in [1.807, 2.05) is 19.9 Å². The highest BCUT2D eigenvalue weighted by Crippen LogP contribution is 2.30. The summed E-state index contributed by atoms with van der Waals surface area (Å²) in [6.07, 6.45) is 0. The molecule has 0 atom stereocenters. The van der Waals surface area contributed by atoms with Crippen molar-refractivity contribution in [2.75, 3.05) is 0 Å². The van der Waals surface area contributed by atoms with Gasteiger partial charge in [0.05, 0.1) is 0 Å². The Morgan fingerprint density at radius 2 is 1.46 bits per heavy atom. The molecule has 13 heavy (non-hydrogen) atoms. The maximum Gasteiger partial charge on any atom is 0.0325 e. The topological polar surface area (TPSA) is 0 Å². The summed E-state index contributed by atoms with van der Waals surface area (Å²) in [6, 6.07) is 6.14. The monoisotopic (exact) mass is 236 g/mol. The highest BCUT2D eigenvalue weighted by atomic mass is 79.9. The Hall–Kier alpha value is -0.820. The predicted octanol–water partition coefficient (Wildman–Crippen LogP) is 4.52. The van der Waals surface area contributed by atoms with E-state index in [-0.39, 0.29) is 0 Å². The number of hydrogen-bond donors (Lipinski definition) is 0. The van der Waals surface area contributed by atoms with E-state index < -0.39 is 0 Å². The molecule has 68 valence electrons. The number of hydrogen-bond acceptors (Lipinski definition) is 0. The number of rotatable bonds is 2. The Morgan fingerprint density at radius 3 is 1.77 bits per heavy atom. The molecule has 0 aliphatic carbocycles. The molecule has 0 heterocycles. The fourth-order valence-corrected chi connectivity index (χ4v) is 2.13. The fourth-order valence-electron chi connectivity index (χ4n) is 1.19. The molecule has 0 nitrogen and oxygen atoms in total. The molecule has 0 aromatic heterocycles. The van der Waals surface area contributed by atoms with Gasteiger partial charge in [-0.25, -0.2) is 0 Å². The summed E-state index contributed by atoms with van der Waals surface area (Å²) >= 11 is 3.56. The van der Waals surface area contributed by atoms with Crippen molar-refractivity contribution in [1.82, 2.24) is 0 Å². The van der Waals surface area contributed by atoms with Gasteiger partial charge in [0.1, 0.15) is 0 Å². The van der Waals surface area contributed by atoms with Crippen molar-refractivity contribution in [3.63, 3.8) is 0 Å². The van der Waals surface area contributed by atoms with Crippen molar-refractivity contribution >= 4 is 27.1 Å². The number of allylic oxidation sites excluding steroid dienone is 2. The second-order valence-electron chi connectivity index (χ2n) is 3.23. The first kappa shape index (κ1) is 10.3. The van der Waals surface area contributed by atoms with E-state index in [1.165, 1.54) is 0 Å². The van der Waals surface area contributed by atoms with Gasteiger partial charge in [0.15, 0.2) is 0 Å². The van der Waals surface area contributed by atoms with Gasteiger partial charge >= 0.3 is 0 Å². The van der Waals surface area contributed by atoms with Crippen LogP contribution in [-0.2, 0) is 0 Å². The summed E-state index contributed by atoms with van der Waals surface area (Å²) < 4.78 is 1.09. The first-order chi connectivity index (χ1) is 6.04. The van der Waals surface area contributed by atoms with Crippen LogP contribution in [-0.4, -0.2) is 0 Å². The highest BCUT2D eigenvalue weighted by molar-refractivity contribution is 9.10. The summed E-state index contributed by atoms with van der Waals surface area (Å²) in [5.74, 6) is 0. The van der Waals surface area contributed by atoms with Gasteiger partial charge in [-0.15, -0.1) is 0 Å². The zero-order valence-electron chi connectivity index (χ0n) is 8.02. The number of benzene rings is 1. The summed E-state index contributed by atoms with van der Waals surface area (Å²) in [7, 11) is 0. The Balaban J connectivity index is 3.35. The number of halogens is 1. The Labute approximate surface area is 88.1 Å². The van der Waals surface area contributed by atoms with Gasteiger partial charge in [-0.05, 0) is 52.1 Å². The van der Waals surface area contributed by atoms with Crippen molar-refractivity contribution < 1.29 is 0 Å². The van der Waals surface area contributed by atoms with Gasteiger partial charge in [-0.3, -0.25) is 0 Å². The molecule has 0 N–H and O–H groups in total. The van der Waals surface area contributed by atoms with Gasteiger partial charge < -0.3 is 0 Å². The molecule has 1 heteroatoms. The predicted molar refractivity (Wildman–Crippen MR) is 63.6 cm³/mol. The molecule has 0 unspecified atom stereocenters. The van der Waals surface area contributed by atoms with Crippen LogP contribution in [0.4, 0.5) is 0 Å². The standard InChI is InChI=1S/C12H13Br/c1-8(2)10-6-5-7-11(9(3)4)12(10)13/h5-7H,1,3H2,2,4H3. The summed E-state index contributed by atoms with van der Waals surface area (Å²) in [4.78, 5) is 0. The van der Waals surface area contributed by atoms with E-state index in [1.54, 1.807) is 0 Å². The van der Waals surface area contributed by atoms with Crippen LogP contribution in [0.5, 0.6) is 0 Å². The van der Waals surface area contributed by atoms with E-state index in [4.69, 9.17) is 0 Å². The maximum atomic E-state index is 3.93. The lowest BCUT2D eigenvalue weighted by atomic mass is 10.0. The van der Waals surface area contributed by atoms with Gasteiger partial charge in [0.2, 0.25) is 0 Å². The zero-order chi connectivity index (χ0) is 10.0. The first-order valence-electron chi connectivity index (χ1n) is 4.14. The Bertz CT molecular complexity index is 329. The second kappa shape index (κ2) is 3.93. The molecule has 0 spiro atoms. The Kier molecular flexibility index (Phi) is 3.10. The minimum atomic E-state index is 1.06. The maximum absolute atomic E-state index is 3.93. The third-order valence-electron chi connectivity index (χ3n) is 1.92. The molecule has 1 rings (SSSR count). The average Bonchev–Trinajstić information content (AvgIpc) is 2.03. The van der Waals surface area contributed by atoms with Crippen LogP contribution in [0.2, 0.25) is 0 Å². The van der Waals surface area contributed by atoms with Crippen LogP contribution in [0.1, 0.15) is 25.0 Å². The van der Waals surface area contributed by atoms with Crippen molar-refractivity contribution in [1.29, 1.82) is 0 Å². The molecule has 0 saturated heterocycles. The molecule has 0 radical (unpaired) electrons. The van der Waals surface area contributed by atoms with Crippen LogP contribution in [0.15, 0.2) is 35.8 Å². The third kappa shape index (κ3) is 2.10. The molecule has 1 aromatic rings. The molecule has 0 aliphatic rings. The SMILES string of the molecule is C=C(C)c1cccc(C(=C)C)c1Br. The van der Waals surface area contributed by atoms with Crippen molar-refractivity contribution in [3.8, 4) is 0 Å². The van der Waals surface area contributed by atoms with E-state index in [0.717, 1.165) is 26.7 Å². The van der Waals surface area contributed by atoms with Crippen LogP contribution in [0.25, 0.3) is 11.1 Å². The average molecular weight is 237 g/mol. The molecular formula is C12H13Br. The second-order valence-corrected chi connectivity index (χ2v) is 4.02. The Morgan fingerprint density at radius 1 is 1.08 bits per heavy atom. The normalized spacial score (nSPS) is 9.77. The van der Waals surface area contributed by atoms with Gasteiger partial charge in [0.25, 0.3) is 0 Å². The van der Waals surface area contributed by atoms with Crippen LogP contribution in [0.3, 0.4) is 0 Å². The van der Waals surface area contributed by atoms with Crippen molar-refractivity contribution in [2.45, 2.75) is 13.8 Å². The molecule has 0 saturated carbocycles. The smallest absolute Gasteiger partial charge is 0.0325 e. The van der Waals surface area contributed by atoms with E-state index in [0.29, 0.717) is 0 Å². The molecule has 0 fully saturated rings. The lowest BCUT2D eigenvalue weighted by molar-refractivity contribution is 1.47. The van der Waals surface area contributed by atoms with Crippen LogP contribution in [0, 0.1) is 0 Å². The third-order valence-corrected chi connectivity index (χ3v) is 2.77. The summed E-state index contributed by atoms with van der Waals surface area (Å²) in [5.41, 5.74) is 4.44. The van der Waals surface area contributed by atoms with Crippen molar-refractivity contribution in [3.05, 3.63) is 47.0 Å². The van der Waals surface area contributed by atoms with E-state index in [9.17, 15) is 0 Å². The molecule has 1 aromatic carbocycles. The highest BCUT2D eigenvalue weighted by Gasteiger charge is 2.05. The van der Waals surface area contributed by atoms with Crippen LogP contribution < -0.4 is 0 Å². The minimum absolute atomic E-state index is 1.06. The van der Waals surface area contributed by atoms with Crippen LogP contribution >= 0.6 is 15.9 Å². The molecule has 0 bridgehead atoms. The summed E-state index contributed by atoms with van der Waals surface area (Å²) in [6.45, 7) is 11.9.